The van der Waals surface area contributed by atoms with Crippen molar-refractivity contribution in [2.75, 3.05) is 13.7 Å². The molecule has 4 nitrogen and oxygen atoms in total. The average Bonchev–Trinajstić information content (AvgIpc) is 2.81. The van der Waals surface area contributed by atoms with E-state index in [0.717, 1.165) is 32.2 Å². The van der Waals surface area contributed by atoms with Crippen molar-refractivity contribution in [3.63, 3.8) is 0 Å². The number of carbonyl (C=O) groups is 2. The molecule has 0 unspecified atom stereocenters. The lowest BCUT2D eigenvalue weighted by molar-refractivity contribution is -0.142. The van der Waals surface area contributed by atoms with Crippen LogP contribution in [0, 0.1) is 11.8 Å². The highest BCUT2D eigenvalue weighted by Gasteiger charge is 2.48. The molecule has 0 bridgehead atoms. The fourth-order valence-corrected chi connectivity index (χ4v) is 3.98. The number of rotatable bonds is 5. The largest absolute Gasteiger partial charge is 0.284 e. The average molecular weight is 328 g/mol. The monoisotopic (exact) mass is 328 g/mol. The highest BCUT2D eigenvalue weighted by Crippen LogP contribution is 2.38. The van der Waals surface area contributed by atoms with Crippen molar-refractivity contribution in [2.24, 2.45) is 11.8 Å². The van der Waals surface area contributed by atoms with Crippen LogP contribution in [-0.4, -0.2) is 35.3 Å². The summed E-state index contributed by atoms with van der Waals surface area (Å²) in [6.07, 6.45) is 3.91. The van der Waals surface area contributed by atoms with E-state index in [1.807, 2.05) is 7.05 Å². The van der Waals surface area contributed by atoms with Crippen LogP contribution in [0.2, 0.25) is 0 Å². The maximum atomic E-state index is 12.5. The van der Waals surface area contributed by atoms with Crippen molar-refractivity contribution in [2.45, 2.75) is 52.0 Å². The van der Waals surface area contributed by atoms with Gasteiger partial charge in [0.2, 0.25) is 11.8 Å². The van der Waals surface area contributed by atoms with E-state index in [0.29, 0.717) is 12.6 Å². The molecule has 130 valence electrons. The topological polar surface area (TPSA) is 40.6 Å². The minimum Gasteiger partial charge on any atom is -0.284 e. The maximum Gasteiger partial charge on any atom is 0.234 e. The Hall–Kier alpha value is -1.68. The summed E-state index contributed by atoms with van der Waals surface area (Å²) in [5.41, 5.74) is 2.54. The summed E-state index contributed by atoms with van der Waals surface area (Å²) < 4.78 is 0. The molecule has 1 saturated carbocycles. The van der Waals surface area contributed by atoms with Gasteiger partial charge in [-0.1, -0.05) is 51.0 Å². The van der Waals surface area contributed by atoms with Crippen LogP contribution in [0.3, 0.4) is 0 Å². The van der Waals surface area contributed by atoms with Gasteiger partial charge in [0.25, 0.3) is 0 Å². The van der Waals surface area contributed by atoms with Gasteiger partial charge in [-0.25, -0.2) is 0 Å². The molecular weight excluding hydrogens is 300 g/mol. The summed E-state index contributed by atoms with van der Waals surface area (Å²) in [5, 5.41) is 0. The molecule has 2 amide bonds. The molecule has 1 aliphatic heterocycles. The second kappa shape index (κ2) is 7.06. The van der Waals surface area contributed by atoms with Gasteiger partial charge in [-0.15, -0.1) is 0 Å². The highest BCUT2D eigenvalue weighted by molar-refractivity contribution is 6.05. The molecule has 2 fully saturated rings. The maximum absolute atomic E-state index is 12.5. The zero-order valence-corrected chi connectivity index (χ0v) is 15.0. The lowest BCUT2D eigenvalue weighted by Gasteiger charge is -2.23. The molecule has 0 N–H and O–H groups in total. The van der Waals surface area contributed by atoms with E-state index < -0.39 is 0 Å². The molecule has 0 spiro atoms. The molecule has 1 aromatic rings. The predicted octanol–water partition coefficient (Wildman–Crippen LogP) is 3.37. The van der Waals surface area contributed by atoms with Gasteiger partial charge in [0.15, 0.2) is 0 Å². The number of imide groups is 1. The quantitative estimate of drug-likeness (QED) is 0.778. The number of nitrogens with zero attached hydrogens (tertiary/aromatic N) is 2. The Morgan fingerprint density at radius 1 is 1.04 bits per heavy atom. The molecule has 2 atom stereocenters. The van der Waals surface area contributed by atoms with Crippen LogP contribution in [0.1, 0.15) is 56.6 Å². The fourth-order valence-electron chi connectivity index (χ4n) is 3.98. The van der Waals surface area contributed by atoms with Gasteiger partial charge in [0.1, 0.15) is 0 Å². The minimum absolute atomic E-state index is 0.0479. The summed E-state index contributed by atoms with van der Waals surface area (Å²) in [5.74, 6) is 0.522. The van der Waals surface area contributed by atoms with Crippen LogP contribution in [0.5, 0.6) is 0 Å². The molecular formula is C20H28N2O2. The van der Waals surface area contributed by atoms with Gasteiger partial charge in [0.05, 0.1) is 18.5 Å². The van der Waals surface area contributed by atoms with Gasteiger partial charge < -0.3 is 0 Å². The van der Waals surface area contributed by atoms with E-state index in [1.165, 1.54) is 16.0 Å². The van der Waals surface area contributed by atoms with Crippen LogP contribution in [0.4, 0.5) is 0 Å². The Bertz CT molecular complexity index is 585. The number of hydrogen-bond donors (Lipinski definition) is 0. The zero-order valence-electron chi connectivity index (χ0n) is 15.0. The minimum atomic E-state index is -0.0509. The molecule has 2 aliphatic rings. The van der Waals surface area contributed by atoms with E-state index in [2.05, 4.69) is 43.0 Å². The van der Waals surface area contributed by atoms with Gasteiger partial charge in [-0.3, -0.25) is 19.4 Å². The van der Waals surface area contributed by atoms with Gasteiger partial charge >= 0.3 is 0 Å². The van der Waals surface area contributed by atoms with Gasteiger partial charge in [-0.05, 0) is 36.9 Å². The molecule has 1 aliphatic carbocycles. The van der Waals surface area contributed by atoms with E-state index in [-0.39, 0.29) is 23.7 Å². The number of carbonyl (C=O) groups excluding carboxylic acids is 2. The second-order valence-corrected chi connectivity index (χ2v) is 7.65. The van der Waals surface area contributed by atoms with Crippen LogP contribution in [0.25, 0.3) is 0 Å². The summed E-state index contributed by atoms with van der Waals surface area (Å²) >= 11 is 0. The Labute approximate surface area is 144 Å². The Morgan fingerprint density at radius 3 is 2.08 bits per heavy atom. The van der Waals surface area contributed by atoms with Crippen molar-refractivity contribution in [1.29, 1.82) is 0 Å². The lowest BCUT2D eigenvalue weighted by Crippen LogP contribution is -2.40. The van der Waals surface area contributed by atoms with Crippen molar-refractivity contribution < 1.29 is 9.59 Å². The van der Waals surface area contributed by atoms with E-state index in [9.17, 15) is 9.59 Å². The molecule has 0 radical (unpaired) electrons. The van der Waals surface area contributed by atoms with Gasteiger partial charge in [-0.2, -0.15) is 0 Å². The Morgan fingerprint density at radius 2 is 1.58 bits per heavy atom. The number of benzene rings is 1. The first-order chi connectivity index (χ1) is 11.5. The second-order valence-electron chi connectivity index (χ2n) is 7.65. The zero-order chi connectivity index (χ0) is 17.3. The molecule has 0 aromatic heterocycles. The molecule has 1 saturated heterocycles. The lowest BCUT2D eigenvalue weighted by atomic mass is 9.81. The highest BCUT2D eigenvalue weighted by atomic mass is 16.2. The van der Waals surface area contributed by atoms with E-state index in [1.54, 1.807) is 0 Å². The Balaban J connectivity index is 1.61. The molecule has 1 heterocycles. The van der Waals surface area contributed by atoms with Crippen molar-refractivity contribution in [1.82, 2.24) is 9.80 Å². The third-order valence-electron chi connectivity index (χ3n) is 5.41. The summed E-state index contributed by atoms with van der Waals surface area (Å²) in [4.78, 5) is 28.6. The molecule has 24 heavy (non-hydrogen) atoms. The number of hydrogen-bond acceptors (Lipinski definition) is 3. The van der Waals surface area contributed by atoms with Crippen molar-refractivity contribution in [3.8, 4) is 0 Å². The predicted molar refractivity (Wildman–Crippen MR) is 94.2 cm³/mol. The van der Waals surface area contributed by atoms with Crippen molar-refractivity contribution >= 4 is 11.8 Å². The van der Waals surface area contributed by atoms with Gasteiger partial charge in [0, 0.05) is 6.54 Å². The first-order valence-electron chi connectivity index (χ1n) is 9.10. The molecule has 1 aromatic carbocycles. The summed E-state index contributed by atoms with van der Waals surface area (Å²) in [7, 11) is 1.97. The van der Waals surface area contributed by atoms with Crippen LogP contribution < -0.4 is 0 Å². The van der Waals surface area contributed by atoms with Crippen LogP contribution in [0.15, 0.2) is 24.3 Å². The third-order valence-corrected chi connectivity index (χ3v) is 5.41. The first-order valence-corrected chi connectivity index (χ1v) is 9.10. The normalized spacial score (nSPS) is 24.1. The summed E-state index contributed by atoms with van der Waals surface area (Å²) in [6.45, 7) is 5.51. The van der Waals surface area contributed by atoms with Crippen LogP contribution in [-0.2, 0) is 16.1 Å². The smallest absolute Gasteiger partial charge is 0.234 e. The van der Waals surface area contributed by atoms with Crippen molar-refractivity contribution in [3.05, 3.63) is 35.4 Å². The van der Waals surface area contributed by atoms with E-state index in [4.69, 9.17) is 0 Å². The summed E-state index contributed by atoms with van der Waals surface area (Å²) in [6, 6.07) is 8.60. The molecule has 3 rings (SSSR count). The first kappa shape index (κ1) is 17.2. The number of fused-ring (bicyclic) bond motifs is 1. The van der Waals surface area contributed by atoms with Crippen LogP contribution >= 0.6 is 0 Å². The fraction of sp³-hybridized carbons (Fsp3) is 0.600. The standard InChI is InChI=1S/C20H28N2O2/c1-14(2)16-10-8-15(9-11-16)12-21(3)13-22-19(23)17-6-4-5-7-18(17)20(22)24/h8-11,14,17-18H,4-7,12-13H2,1-3H3/t17-,18+. The molecule has 4 heteroatoms. The van der Waals surface area contributed by atoms with E-state index >= 15 is 0 Å². The third kappa shape index (κ3) is 3.39. The Kier molecular flexibility index (Phi) is 5.04. The number of likely N-dealkylation sites (tertiary alicyclic amines) is 1. The number of amides is 2. The SMILES string of the molecule is CC(C)c1ccc(CN(C)CN2C(=O)[C@H]3CCCC[C@H]3C2=O)cc1.